The van der Waals surface area contributed by atoms with Crippen molar-refractivity contribution in [1.29, 1.82) is 0 Å². The fraction of sp³-hybridized carbons (Fsp3) is 0.200. The summed E-state index contributed by atoms with van der Waals surface area (Å²) in [6.45, 7) is 3.88. The van der Waals surface area contributed by atoms with Gasteiger partial charge in [0.05, 0.1) is 5.56 Å². The summed E-state index contributed by atoms with van der Waals surface area (Å²) in [6.07, 6.45) is -0.108. The van der Waals surface area contributed by atoms with E-state index >= 15 is 0 Å². The Morgan fingerprint density at radius 3 is 2.53 bits per heavy atom. The number of nitrogens with two attached hydrogens (primary N) is 1. The van der Waals surface area contributed by atoms with Crippen molar-refractivity contribution >= 4 is 17.2 Å². The molecule has 0 aliphatic rings. The molecule has 2 rings (SSSR count). The smallest absolute Gasteiger partial charge is 0.224 e. The Bertz CT molecular complexity index is 584. The van der Waals surface area contributed by atoms with Crippen LogP contribution in [0.15, 0.2) is 42.5 Å². The second-order valence-corrected chi connectivity index (χ2v) is 4.78. The van der Waals surface area contributed by atoms with Crippen LogP contribution < -0.4 is 10.5 Å². The van der Waals surface area contributed by atoms with E-state index in [9.17, 15) is 0 Å². The topological polar surface area (TPSA) is 48.1 Å². The Morgan fingerprint density at radius 1 is 1.21 bits per heavy atom. The van der Waals surface area contributed by atoms with Gasteiger partial charge in [-0.3, -0.25) is 0 Å². The molecule has 1 atom stereocenters. The minimum atomic E-state index is -0.108. The zero-order chi connectivity index (χ0) is 13.8. The number of aryl methyl sites for hydroxylation is 1. The third-order valence-corrected chi connectivity index (χ3v) is 3.04. The van der Waals surface area contributed by atoms with Crippen LogP contribution in [0, 0.1) is 6.92 Å². The molecular formula is C15H16N2OS. The quantitative estimate of drug-likeness (QED) is 0.869. The van der Waals surface area contributed by atoms with Crippen molar-refractivity contribution in [3.63, 3.8) is 0 Å². The molecule has 0 spiro atoms. The van der Waals surface area contributed by atoms with Crippen LogP contribution in [0.3, 0.4) is 0 Å². The highest BCUT2D eigenvalue weighted by molar-refractivity contribution is 7.80. The third-order valence-electron chi connectivity index (χ3n) is 2.82. The Labute approximate surface area is 118 Å². The van der Waals surface area contributed by atoms with Gasteiger partial charge in [0.25, 0.3) is 0 Å². The minimum absolute atomic E-state index is 0.108. The molecule has 0 aliphatic carbocycles. The van der Waals surface area contributed by atoms with Crippen LogP contribution in [0.4, 0.5) is 0 Å². The van der Waals surface area contributed by atoms with Crippen molar-refractivity contribution in [3.8, 4) is 5.88 Å². The van der Waals surface area contributed by atoms with E-state index < -0.39 is 0 Å². The lowest BCUT2D eigenvalue weighted by Crippen LogP contribution is -2.14. The minimum Gasteiger partial charge on any atom is -0.469 e. The van der Waals surface area contributed by atoms with Crippen LogP contribution in [0.5, 0.6) is 5.88 Å². The van der Waals surface area contributed by atoms with Crippen molar-refractivity contribution in [2.24, 2.45) is 5.73 Å². The molecule has 0 saturated heterocycles. The summed E-state index contributed by atoms with van der Waals surface area (Å²) in [5, 5.41) is 0. The van der Waals surface area contributed by atoms with E-state index in [0.29, 0.717) is 16.4 Å². The molecule has 98 valence electrons. The highest BCUT2D eigenvalue weighted by Gasteiger charge is 2.13. The standard InChI is InChI=1S/C15H16N2OS/c1-10-8-9-13(14(16)19)15(17-10)18-11(2)12-6-4-3-5-7-12/h3-9,11H,1-2H3,(H2,16,19). The molecule has 4 heteroatoms. The van der Waals surface area contributed by atoms with Gasteiger partial charge >= 0.3 is 0 Å². The molecule has 1 aromatic carbocycles. The molecule has 2 N–H and O–H groups in total. The number of aromatic nitrogens is 1. The summed E-state index contributed by atoms with van der Waals surface area (Å²) in [6, 6.07) is 13.7. The van der Waals surface area contributed by atoms with E-state index in [0.717, 1.165) is 11.3 Å². The molecule has 19 heavy (non-hydrogen) atoms. The van der Waals surface area contributed by atoms with Gasteiger partial charge in [-0.2, -0.15) is 0 Å². The van der Waals surface area contributed by atoms with E-state index in [2.05, 4.69) is 4.98 Å². The second kappa shape index (κ2) is 5.80. The molecule has 1 unspecified atom stereocenters. The highest BCUT2D eigenvalue weighted by Crippen LogP contribution is 2.23. The van der Waals surface area contributed by atoms with Crippen LogP contribution in [-0.2, 0) is 0 Å². The van der Waals surface area contributed by atoms with Gasteiger partial charge < -0.3 is 10.5 Å². The largest absolute Gasteiger partial charge is 0.469 e. The number of ether oxygens (including phenoxy) is 1. The number of benzene rings is 1. The van der Waals surface area contributed by atoms with Crippen LogP contribution in [-0.4, -0.2) is 9.97 Å². The SMILES string of the molecule is Cc1ccc(C(N)=S)c(OC(C)c2ccccc2)n1. The lowest BCUT2D eigenvalue weighted by atomic mass is 10.1. The summed E-state index contributed by atoms with van der Waals surface area (Å²) in [4.78, 5) is 4.66. The van der Waals surface area contributed by atoms with E-state index in [1.54, 1.807) is 0 Å². The van der Waals surface area contributed by atoms with E-state index in [1.807, 2.05) is 56.3 Å². The van der Waals surface area contributed by atoms with Crippen LogP contribution in [0.2, 0.25) is 0 Å². The molecular weight excluding hydrogens is 256 g/mol. The first-order valence-corrected chi connectivity index (χ1v) is 6.48. The molecule has 1 heterocycles. The van der Waals surface area contributed by atoms with Gasteiger partial charge in [0.15, 0.2) is 0 Å². The molecule has 2 aromatic rings. The zero-order valence-electron chi connectivity index (χ0n) is 11.0. The molecule has 0 saturated carbocycles. The van der Waals surface area contributed by atoms with Gasteiger partial charge in [0.1, 0.15) is 11.1 Å². The lowest BCUT2D eigenvalue weighted by molar-refractivity contribution is 0.216. The third kappa shape index (κ3) is 3.29. The second-order valence-electron chi connectivity index (χ2n) is 4.34. The van der Waals surface area contributed by atoms with Gasteiger partial charge in [0, 0.05) is 5.69 Å². The number of thiocarbonyl (C=S) groups is 1. The molecule has 0 fully saturated rings. The number of nitrogens with zero attached hydrogens (tertiary/aromatic N) is 1. The van der Waals surface area contributed by atoms with Gasteiger partial charge in [-0.1, -0.05) is 42.5 Å². The van der Waals surface area contributed by atoms with Gasteiger partial charge in [0.2, 0.25) is 5.88 Å². The van der Waals surface area contributed by atoms with Crippen molar-refractivity contribution in [3.05, 3.63) is 59.3 Å². The van der Waals surface area contributed by atoms with Crippen LogP contribution in [0.25, 0.3) is 0 Å². The molecule has 0 amide bonds. The molecule has 0 aliphatic heterocycles. The summed E-state index contributed by atoms with van der Waals surface area (Å²) in [7, 11) is 0. The number of hydrogen-bond donors (Lipinski definition) is 1. The fourth-order valence-corrected chi connectivity index (χ4v) is 1.93. The average molecular weight is 272 g/mol. The molecule has 3 nitrogen and oxygen atoms in total. The maximum atomic E-state index is 5.90. The molecule has 1 aromatic heterocycles. The monoisotopic (exact) mass is 272 g/mol. The fourth-order valence-electron chi connectivity index (χ4n) is 1.77. The van der Waals surface area contributed by atoms with Crippen molar-refractivity contribution in [2.75, 3.05) is 0 Å². The first kappa shape index (κ1) is 13.5. The Hall–Kier alpha value is -1.94. The normalized spacial score (nSPS) is 11.9. The van der Waals surface area contributed by atoms with Crippen molar-refractivity contribution < 1.29 is 4.74 Å². The van der Waals surface area contributed by atoms with Gasteiger partial charge in [-0.15, -0.1) is 0 Å². The predicted octanol–water partition coefficient (Wildman–Crippen LogP) is 3.16. The van der Waals surface area contributed by atoms with Crippen LogP contribution >= 0.6 is 12.2 Å². The van der Waals surface area contributed by atoms with Crippen LogP contribution in [0.1, 0.15) is 29.8 Å². The first-order chi connectivity index (χ1) is 9.08. The van der Waals surface area contributed by atoms with Gasteiger partial charge in [-0.05, 0) is 31.5 Å². The average Bonchev–Trinajstić information content (AvgIpc) is 2.39. The lowest BCUT2D eigenvalue weighted by Gasteiger charge is -2.16. The predicted molar refractivity (Wildman–Crippen MR) is 80.3 cm³/mol. The summed E-state index contributed by atoms with van der Waals surface area (Å²) in [5.41, 5.74) is 8.31. The summed E-state index contributed by atoms with van der Waals surface area (Å²) < 4.78 is 5.90. The van der Waals surface area contributed by atoms with E-state index in [4.69, 9.17) is 22.7 Å². The maximum absolute atomic E-state index is 5.90. The van der Waals surface area contributed by atoms with E-state index in [1.165, 1.54) is 0 Å². The number of pyridine rings is 1. The van der Waals surface area contributed by atoms with E-state index in [-0.39, 0.29) is 6.10 Å². The number of hydrogen-bond acceptors (Lipinski definition) is 3. The van der Waals surface area contributed by atoms with Crippen molar-refractivity contribution in [2.45, 2.75) is 20.0 Å². The first-order valence-electron chi connectivity index (χ1n) is 6.07. The molecule has 0 radical (unpaired) electrons. The van der Waals surface area contributed by atoms with Crippen molar-refractivity contribution in [1.82, 2.24) is 4.98 Å². The summed E-state index contributed by atoms with van der Waals surface area (Å²) >= 11 is 5.02. The Balaban J connectivity index is 2.28. The van der Waals surface area contributed by atoms with Gasteiger partial charge in [-0.25, -0.2) is 4.98 Å². The maximum Gasteiger partial charge on any atom is 0.224 e. The Morgan fingerprint density at radius 2 is 1.89 bits per heavy atom. The Kier molecular flexibility index (Phi) is 4.12. The summed E-state index contributed by atoms with van der Waals surface area (Å²) in [5.74, 6) is 0.490. The number of rotatable bonds is 4. The zero-order valence-corrected chi connectivity index (χ0v) is 11.8. The molecule has 0 bridgehead atoms. The highest BCUT2D eigenvalue weighted by atomic mass is 32.1.